The zero-order chi connectivity index (χ0) is 8.65. The molecule has 0 amide bonds. The first-order valence-electron chi connectivity index (χ1n) is 5.22. The summed E-state index contributed by atoms with van der Waals surface area (Å²) < 4.78 is 10.1. The van der Waals surface area contributed by atoms with Gasteiger partial charge in [-0.2, -0.15) is 0 Å². The topological polar surface area (TPSA) is 17.1 Å². The summed E-state index contributed by atoms with van der Waals surface area (Å²) in [5.41, 5.74) is 0. The molecule has 0 spiro atoms. The summed E-state index contributed by atoms with van der Waals surface area (Å²) >= 11 is 0. The third kappa shape index (κ3) is 4.21. The lowest BCUT2D eigenvalue weighted by Gasteiger charge is -2.06. The van der Waals surface area contributed by atoms with Crippen molar-refractivity contribution < 1.29 is 4.57 Å². The largest absolute Gasteiger partial charge is 0.275 e. The SMILES string of the molecule is O=PCCCCCC1CCCC1. The van der Waals surface area contributed by atoms with Crippen LogP contribution in [0.15, 0.2) is 0 Å². The fraction of sp³-hybridized carbons (Fsp3) is 1.00. The van der Waals surface area contributed by atoms with Crippen LogP contribution in [0.3, 0.4) is 0 Å². The number of hydrogen-bond acceptors (Lipinski definition) is 1. The Balaban J connectivity index is 1.84. The van der Waals surface area contributed by atoms with Gasteiger partial charge in [0, 0.05) is 6.16 Å². The Hall–Kier alpha value is 0.100. The van der Waals surface area contributed by atoms with Gasteiger partial charge in [0.1, 0.15) is 0 Å². The first-order chi connectivity index (χ1) is 5.93. The van der Waals surface area contributed by atoms with Gasteiger partial charge in [-0.15, -0.1) is 0 Å². The Labute approximate surface area is 77.1 Å². The first-order valence-corrected chi connectivity index (χ1v) is 6.22. The first kappa shape index (κ1) is 10.2. The molecule has 0 heterocycles. The Morgan fingerprint density at radius 2 is 1.83 bits per heavy atom. The molecular weight excluding hydrogens is 167 g/mol. The molecule has 0 saturated heterocycles. The lowest BCUT2D eigenvalue weighted by atomic mass is 10.0. The molecule has 0 atom stereocenters. The molecule has 0 aromatic carbocycles. The van der Waals surface area contributed by atoms with Crippen LogP contribution in [0.1, 0.15) is 51.4 Å². The minimum Gasteiger partial charge on any atom is -0.275 e. The van der Waals surface area contributed by atoms with Crippen LogP contribution in [-0.4, -0.2) is 6.16 Å². The van der Waals surface area contributed by atoms with Crippen molar-refractivity contribution in [2.75, 3.05) is 6.16 Å². The molecule has 0 aromatic heterocycles. The summed E-state index contributed by atoms with van der Waals surface area (Å²) in [5.74, 6) is 1.04. The quantitative estimate of drug-likeness (QED) is 0.452. The normalized spacial score (nSPS) is 19.0. The molecule has 1 nitrogen and oxygen atoms in total. The minimum absolute atomic E-state index is 0.330. The standard InChI is InChI=1S/C10H19OP/c11-12-9-5-1-2-6-10-7-3-4-8-10/h10H,1-9H2. The predicted octanol–water partition coefficient (Wildman–Crippen LogP) is 4.03. The molecule has 1 fully saturated rings. The zero-order valence-corrected chi connectivity index (χ0v) is 8.69. The van der Waals surface area contributed by atoms with Crippen molar-refractivity contribution in [3.8, 4) is 0 Å². The van der Waals surface area contributed by atoms with E-state index < -0.39 is 0 Å². The molecule has 1 rings (SSSR count). The molecule has 12 heavy (non-hydrogen) atoms. The Bertz CT molecular complexity index is 119. The molecule has 0 N–H and O–H groups in total. The molecular formula is C10H19OP. The molecule has 0 unspecified atom stereocenters. The van der Waals surface area contributed by atoms with Crippen molar-refractivity contribution >= 4 is 8.46 Å². The molecule has 1 aliphatic rings. The maximum atomic E-state index is 10.1. The van der Waals surface area contributed by atoms with E-state index in [1.54, 1.807) is 0 Å². The summed E-state index contributed by atoms with van der Waals surface area (Å²) in [7, 11) is 0.330. The van der Waals surface area contributed by atoms with Crippen molar-refractivity contribution in [1.29, 1.82) is 0 Å². The van der Waals surface area contributed by atoms with Crippen LogP contribution in [0.2, 0.25) is 0 Å². The molecule has 1 saturated carbocycles. The van der Waals surface area contributed by atoms with Gasteiger partial charge < -0.3 is 0 Å². The van der Waals surface area contributed by atoms with Gasteiger partial charge in [-0.3, -0.25) is 4.57 Å². The van der Waals surface area contributed by atoms with Gasteiger partial charge >= 0.3 is 0 Å². The highest BCUT2D eigenvalue weighted by Crippen LogP contribution is 2.29. The van der Waals surface area contributed by atoms with Gasteiger partial charge in [-0.05, 0) is 12.3 Å². The maximum Gasteiger partial charge on any atom is 0.155 e. The van der Waals surface area contributed by atoms with E-state index in [-0.39, 0.29) is 0 Å². The monoisotopic (exact) mass is 186 g/mol. The second kappa shape index (κ2) is 6.60. The average molecular weight is 186 g/mol. The third-order valence-electron chi connectivity index (χ3n) is 2.84. The van der Waals surface area contributed by atoms with Crippen LogP contribution in [0, 0.1) is 5.92 Å². The molecule has 0 bridgehead atoms. The van der Waals surface area contributed by atoms with Crippen molar-refractivity contribution in [2.45, 2.75) is 51.4 Å². The van der Waals surface area contributed by atoms with Crippen molar-refractivity contribution in [1.82, 2.24) is 0 Å². The van der Waals surface area contributed by atoms with Crippen molar-refractivity contribution in [2.24, 2.45) is 5.92 Å². The molecule has 0 radical (unpaired) electrons. The summed E-state index contributed by atoms with van der Waals surface area (Å²) in [5, 5.41) is 0. The van der Waals surface area contributed by atoms with E-state index >= 15 is 0 Å². The van der Waals surface area contributed by atoms with E-state index in [4.69, 9.17) is 0 Å². The smallest absolute Gasteiger partial charge is 0.155 e. The number of hydrogen-bond donors (Lipinski definition) is 0. The van der Waals surface area contributed by atoms with Crippen LogP contribution in [0.5, 0.6) is 0 Å². The van der Waals surface area contributed by atoms with Crippen LogP contribution in [0.4, 0.5) is 0 Å². The van der Waals surface area contributed by atoms with E-state index in [0.29, 0.717) is 8.46 Å². The van der Waals surface area contributed by atoms with Gasteiger partial charge in [0.05, 0.1) is 0 Å². The lowest BCUT2D eigenvalue weighted by molar-refractivity contribution is 0.472. The van der Waals surface area contributed by atoms with Crippen molar-refractivity contribution in [3.05, 3.63) is 0 Å². The molecule has 1 aliphatic carbocycles. The second-order valence-corrected chi connectivity index (χ2v) is 4.56. The van der Waals surface area contributed by atoms with Crippen LogP contribution >= 0.6 is 8.46 Å². The third-order valence-corrected chi connectivity index (χ3v) is 3.34. The minimum atomic E-state index is 0.330. The lowest BCUT2D eigenvalue weighted by Crippen LogP contribution is -1.92. The van der Waals surface area contributed by atoms with Crippen LogP contribution < -0.4 is 0 Å². The predicted molar refractivity (Wildman–Crippen MR) is 52.9 cm³/mol. The summed E-state index contributed by atoms with van der Waals surface area (Å²) in [6.07, 6.45) is 12.0. The molecule has 0 aromatic rings. The van der Waals surface area contributed by atoms with Crippen LogP contribution in [0.25, 0.3) is 0 Å². The number of unbranched alkanes of at least 4 members (excludes halogenated alkanes) is 2. The Morgan fingerprint density at radius 3 is 2.50 bits per heavy atom. The van der Waals surface area contributed by atoms with E-state index in [0.717, 1.165) is 18.5 Å². The van der Waals surface area contributed by atoms with Gasteiger partial charge in [0.25, 0.3) is 0 Å². The second-order valence-electron chi connectivity index (χ2n) is 3.85. The fourth-order valence-electron chi connectivity index (χ4n) is 2.09. The van der Waals surface area contributed by atoms with E-state index in [2.05, 4.69) is 0 Å². The van der Waals surface area contributed by atoms with Gasteiger partial charge in [-0.25, -0.2) is 0 Å². The number of rotatable bonds is 6. The average Bonchev–Trinajstić information content (AvgIpc) is 2.57. The summed E-state index contributed by atoms with van der Waals surface area (Å²) in [6, 6.07) is 0. The highest BCUT2D eigenvalue weighted by Gasteiger charge is 2.13. The molecule has 0 aliphatic heterocycles. The van der Waals surface area contributed by atoms with Gasteiger partial charge in [0.2, 0.25) is 0 Å². The van der Waals surface area contributed by atoms with Gasteiger partial charge in [-0.1, -0.05) is 44.9 Å². The summed E-state index contributed by atoms with van der Waals surface area (Å²) in [6.45, 7) is 0. The molecule has 70 valence electrons. The highest BCUT2D eigenvalue weighted by atomic mass is 31.1. The summed E-state index contributed by atoms with van der Waals surface area (Å²) in [4.78, 5) is 0. The Morgan fingerprint density at radius 1 is 1.08 bits per heavy atom. The van der Waals surface area contributed by atoms with E-state index in [1.165, 1.54) is 44.9 Å². The molecule has 2 heteroatoms. The Kier molecular flexibility index (Phi) is 5.60. The van der Waals surface area contributed by atoms with E-state index in [9.17, 15) is 4.57 Å². The fourth-order valence-corrected chi connectivity index (χ4v) is 2.44. The van der Waals surface area contributed by atoms with E-state index in [1.807, 2.05) is 0 Å². The van der Waals surface area contributed by atoms with Crippen molar-refractivity contribution in [3.63, 3.8) is 0 Å². The van der Waals surface area contributed by atoms with Gasteiger partial charge in [0.15, 0.2) is 8.46 Å². The maximum absolute atomic E-state index is 10.1. The van der Waals surface area contributed by atoms with Crippen LogP contribution in [-0.2, 0) is 4.57 Å². The zero-order valence-electron chi connectivity index (χ0n) is 7.80. The highest BCUT2D eigenvalue weighted by molar-refractivity contribution is 7.23.